The predicted molar refractivity (Wildman–Crippen MR) is 118 cm³/mol. The van der Waals surface area contributed by atoms with Crippen LogP contribution in [0.4, 0.5) is 11.4 Å². The van der Waals surface area contributed by atoms with E-state index < -0.39 is 18.2 Å². The largest absolute Gasteiger partial charge is 0.390 e. The number of likely N-dealkylation sites (tertiary alicyclic amines) is 1. The third-order valence-electron chi connectivity index (χ3n) is 6.11. The number of hydrogen-bond donors (Lipinski definition) is 3. The topological polar surface area (TPSA) is 88.4 Å². The molecule has 5 atom stereocenters. The molecule has 2 heterocycles. The second-order valence-corrected chi connectivity index (χ2v) is 9.53. The molecule has 29 heavy (non-hydrogen) atoms. The lowest BCUT2D eigenvalue weighted by molar-refractivity contribution is -0.141. The first-order valence-corrected chi connectivity index (χ1v) is 11.3. The molecule has 1 aromatic rings. The van der Waals surface area contributed by atoms with Gasteiger partial charge in [0, 0.05) is 43.8 Å². The Labute approximate surface area is 176 Å². The maximum Gasteiger partial charge on any atom is 0.226 e. The van der Waals surface area contributed by atoms with Gasteiger partial charge < -0.3 is 25.3 Å². The standard InChI is InChI=1S/C21H30N4O3S/c1-24(2)14-8-6-13(7-9-14)22-21-23-17-18(27)16(26)12-15(19(17)29-21)20(28)25-10-4-3-5-11-25/h6-9,15-19,26-27H,3-5,10-12H2,1-2H3,(H,22,23)/t15-,16+,17+,18-,19+/m0/s1. The lowest BCUT2D eigenvalue weighted by Crippen LogP contribution is -2.55. The number of anilines is 2. The van der Waals surface area contributed by atoms with Crippen molar-refractivity contribution in [2.45, 2.75) is 49.2 Å². The summed E-state index contributed by atoms with van der Waals surface area (Å²) in [6.45, 7) is 1.58. The first-order chi connectivity index (χ1) is 13.9. The Morgan fingerprint density at radius 3 is 2.52 bits per heavy atom. The van der Waals surface area contributed by atoms with E-state index in [1.807, 2.05) is 48.2 Å². The number of amidine groups is 1. The van der Waals surface area contributed by atoms with Gasteiger partial charge in [-0.15, -0.1) is 0 Å². The molecule has 0 radical (unpaired) electrons. The van der Waals surface area contributed by atoms with Crippen molar-refractivity contribution in [2.75, 3.05) is 37.4 Å². The summed E-state index contributed by atoms with van der Waals surface area (Å²) in [4.78, 5) is 21.8. The van der Waals surface area contributed by atoms with Crippen LogP contribution in [0.1, 0.15) is 25.7 Å². The van der Waals surface area contributed by atoms with Crippen LogP contribution in [0.3, 0.4) is 0 Å². The highest BCUT2D eigenvalue weighted by atomic mass is 32.2. The van der Waals surface area contributed by atoms with Gasteiger partial charge in [-0.25, -0.2) is 0 Å². The molecule has 3 aliphatic rings. The summed E-state index contributed by atoms with van der Waals surface area (Å²) in [5.41, 5.74) is 2.02. The molecule has 0 bridgehead atoms. The van der Waals surface area contributed by atoms with Crippen LogP contribution in [0.2, 0.25) is 0 Å². The van der Waals surface area contributed by atoms with Crippen LogP contribution in [0.25, 0.3) is 0 Å². The molecule has 0 spiro atoms. The second kappa shape index (κ2) is 8.53. The van der Waals surface area contributed by atoms with E-state index in [1.54, 1.807) is 0 Å². The van der Waals surface area contributed by atoms with Crippen molar-refractivity contribution in [3.63, 3.8) is 0 Å². The molecule has 1 aromatic carbocycles. The molecule has 7 nitrogen and oxygen atoms in total. The summed E-state index contributed by atoms with van der Waals surface area (Å²) < 4.78 is 0. The van der Waals surface area contributed by atoms with Crippen molar-refractivity contribution in [2.24, 2.45) is 10.9 Å². The van der Waals surface area contributed by atoms with Gasteiger partial charge in [-0.2, -0.15) is 0 Å². The Hall–Kier alpha value is -1.77. The van der Waals surface area contributed by atoms with Gasteiger partial charge in [0.2, 0.25) is 5.91 Å². The summed E-state index contributed by atoms with van der Waals surface area (Å²) in [6, 6.07) is 7.56. The molecule has 3 N–H and O–H groups in total. The lowest BCUT2D eigenvalue weighted by Gasteiger charge is -2.40. The Morgan fingerprint density at radius 1 is 1.17 bits per heavy atom. The molecular weight excluding hydrogens is 388 g/mol. The number of rotatable bonds is 3. The third kappa shape index (κ3) is 4.25. The van der Waals surface area contributed by atoms with E-state index in [4.69, 9.17) is 0 Å². The number of thioether (sulfide) groups is 1. The van der Waals surface area contributed by atoms with E-state index in [1.165, 1.54) is 18.2 Å². The van der Waals surface area contributed by atoms with Crippen molar-refractivity contribution < 1.29 is 15.0 Å². The van der Waals surface area contributed by atoms with Gasteiger partial charge in [0.15, 0.2) is 5.17 Å². The minimum absolute atomic E-state index is 0.102. The van der Waals surface area contributed by atoms with Gasteiger partial charge in [-0.3, -0.25) is 9.79 Å². The van der Waals surface area contributed by atoms with Crippen LogP contribution in [0.5, 0.6) is 0 Å². The van der Waals surface area contributed by atoms with Crippen LogP contribution in [-0.4, -0.2) is 76.9 Å². The quantitative estimate of drug-likeness (QED) is 0.693. The van der Waals surface area contributed by atoms with Gasteiger partial charge in [-0.1, -0.05) is 11.8 Å². The first-order valence-electron chi connectivity index (χ1n) is 10.4. The Kier molecular flexibility index (Phi) is 6.03. The molecule has 2 fully saturated rings. The fourth-order valence-corrected chi connectivity index (χ4v) is 5.78. The fraction of sp³-hybridized carbons (Fsp3) is 0.619. The molecule has 0 aromatic heterocycles. The van der Waals surface area contributed by atoms with E-state index in [2.05, 4.69) is 10.3 Å². The van der Waals surface area contributed by atoms with Crippen LogP contribution in [0.15, 0.2) is 29.3 Å². The summed E-state index contributed by atoms with van der Waals surface area (Å²) in [7, 11) is 3.99. The average Bonchev–Trinajstić information content (AvgIpc) is 3.15. The third-order valence-corrected chi connectivity index (χ3v) is 7.42. The molecular formula is C21H30N4O3S. The maximum atomic E-state index is 13.2. The molecule has 1 saturated heterocycles. The van der Waals surface area contributed by atoms with E-state index in [0.717, 1.165) is 37.3 Å². The summed E-state index contributed by atoms with van der Waals surface area (Å²) in [5, 5.41) is 24.8. The molecule has 0 unspecified atom stereocenters. The number of aliphatic hydroxyl groups excluding tert-OH is 2. The number of amides is 1. The number of carbonyl (C=O) groups is 1. The van der Waals surface area contributed by atoms with Crippen molar-refractivity contribution in [3.05, 3.63) is 24.3 Å². The predicted octanol–water partition coefficient (Wildman–Crippen LogP) is 1.76. The second-order valence-electron chi connectivity index (χ2n) is 8.36. The number of fused-ring (bicyclic) bond motifs is 1. The molecule has 2 aliphatic heterocycles. The molecule has 1 amide bonds. The normalized spacial score (nSPS) is 31.8. The van der Waals surface area contributed by atoms with Gasteiger partial charge in [0.1, 0.15) is 6.10 Å². The minimum Gasteiger partial charge on any atom is -0.390 e. The molecule has 158 valence electrons. The van der Waals surface area contributed by atoms with Crippen molar-refractivity contribution in [3.8, 4) is 0 Å². The van der Waals surface area contributed by atoms with Gasteiger partial charge >= 0.3 is 0 Å². The number of benzene rings is 1. The van der Waals surface area contributed by atoms with E-state index in [0.29, 0.717) is 11.6 Å². The zero-order chi connectivity index (χ0) is 20.5. The van der Waals surface area contributed by atoms with Crippen LogP contribution < -0.4 is 10.2 Å². The summed E-state index contributed by atoms with van der Waals surface area (Å²) in [6.07, 6.45) is 1.69. The van der Waals surface area contributed by atoms with Crippen LogP contribution >= 0.6 is 11.8 Å². The Balaban J connectivity index is 1.48. The number of aliphatic imine (C=N–C) groups is 1. The van der Waals surface area contributed by atoms with Crippen molar-refractivity contribution in [1.82, 2.24) is 4.90 Å². The molecule has 1 saturated carbocycles. The lowest BCUT2D eigenvalue weighted by atomic mass is 9.80. The SMILES string of the molecule is CN(C)c1ccc(NC2=N[C@@H]3[C@@H](O)[C@H](O)C[C@H](C(=O)N4CCCCC4)[C@H]3S2)cc1. The average molecular weight is 419 g/mol. The number of carbonyl (C=O) groups excluding carboxylic acids is 1. The van der Waals surface area contributed by atoms with Crippen molar-refractivity contribution >= 4 is 34.2 Å². The minimum atomic E-state index is -0.937. The van der Waals surface area contributed by atoms with Gasteiger partial charge in [0.25, 0.3) is 0 Å². The van der Waals surface area contributed by atoms with Crippen molar-refractivity contribution in [1.29, 1.82) is 0 Å². The van der Waals surface area contributed by atoms with E-state index in [-0.39, 0.29) is 17.1 Å². The van der Waals surface area contributed by atoms with E-state index >= 15 is 0 Å². The first kappa shape index (κ1) is 20.5. The highest BCUT2D eigenvalue weighted by molar-refractivity contribution is 8.15. The summed E-state index contributed by atoms with van der Waals surface area (Å²) >= 11 is 1.52. The fourth-order valence-electron chi connectivity index (χ4n) is 4.41. The van der Waals surface area contributed by atoms with Crippen LogP contribution in [0, 0.1) is 5.92 Å². The molecule has 1 aliphatic carbocycles. The highest BCUT2D eigenvalue weighted by Gasteiger charge is 2.51. The molecule has 4 rings (SSSR count). The number of aliphatic hydroxyl groups is 2. The zero-order valence-corrected chi connectivity index (χ0v) is 17.8. The summed E-state index contributed by atoms with van der Waals surface area (Å²) in [5.74, 6) is -0.217. The number of nitrogens with zero attached hydrogens (tertiary/aromatic N) is 3. The van der Waals surface area contributed by atoms with Crippen LogP contribution in [-0.2, 0) is 4.79 Å². The number of piperidine rings is 1. The smallest absolute Gasteiger partial charge is 0.226 e. The highest BCUT2D eigenvalue weighted by Crippen LogP contribution is 2.42. The van der Waals surface area contributed by atoms with E-state index in [9.17, 15) is 15.0 Å². The Bertz CT molecular complexity index is 764. The number of nitrogens with one attached hydrogen (secondary N) is 1. The van der Waals surface area contributed by atoms with Gasteiger partial charge in [-0.05, 0) is 49.9 Å². The van der Waals surface area contributed by atoms with Gasteiger partial charge in [0.05, 0.1) is 18.1 Å². The number of hydrogen-bond acceptors (Lipinski definition) is 7. The maximum absolute atomic E-state index is 13.2. The Morgan fingerprint density at radius 2 is 1.86 bits per heavy atom. The zero-order valence-electron chi connectivity index (χ0n) is 17.0. The monoisotopic (exact) mass is 418 g/mol. The molecule has 8 heteroatoms.